The zero-order valence-electron chi connectivity index (χ0n) is 15.0. The molecule has 2 N–H and O–H groups in total. The minimum atomic E-state index is -0.196. The van der Waals surface area contributed by atoms with Crippen molar-refractivity contribution in [3.05, 3.63) is 71.4 Å². The van der Waals surface area contributed by atoms with Crippen molar-refractivity contribution in [1.82, 2.24) is 20.0 Å². The van der Waals surface area contributed by atoms with Gasteiger partial charge >= 0.3 is 0 Å². The van der Waals surface area contributed by atoms with Crippen LogP contribution in [0, 0.1) is 12.7 Å². The van der Waals surface area contributed by atoms with Crippen LogP contribution in [0.5, 0.6) is 0 Å². The Morgan fingerprint density at radius 1 is 1.31 bits per heavy atom. The maximum atomic E-state index is 13.7. The smallest absolute Gasteiger partial charge is 0.191 e. The van der Waals surface area contributed by atoms with Crippen molar-refractivity contribution in [1.29, 1.82) is 0 Å². The summed E-state index contributed by atoms with van der Waals surface area (Å²) in [7, 11) is 1.71. The molecule has 138 valence electrons. The molecule has 2 heterocycles. The molecule has 0 spiro atoms. The van der Waals surface area contributed by atoms with Gasteiger partial charge in [0, 0.05) is 19.4 Å². The van der Waals surface area contributed by atoms with E-state index >= 15 is 0 Å². The number of benzene rings is 1. The number of imidazole rings is 1. The molecule has 0 amide bonds. The van der Waals surface area contributed by atoms with E-state index < -0.39 is 0 Å². The summed E-state index contributed by atoms with van der Waals surface area (Å²) in [6, 6.07) is 11.1. The summed E-state index contributed by atoms with van der Waals surface area (Å²) in [5.74, 6) is 0.448. The van der Waals surface area contributed by atoms with Gasteiger partial charge in [0.15, 0.2) is 5.96 Å². The number of aryl methyl sites for hydroxylation is 1. The Balaban J connectivity index is 0.00000243. The number of halogens is 2. The van der Waals surface area contributed by atoms with Crippen molar-refractivity contribution in [2.75, 3.05) is 7.05 Å². The van der Waals surface area contributed by atoms with Crippen LogP contribution >= 0.6 is 24.0 Å². The third kappa shape index (κ3) is 4.72. The van der Waals surface area contributed by atoms with Gasteiger partial charge in [-0.3, -0.25) is 4.99 Å². The van der Waals surface area contributed by atoms with Gasteiger partial charge in [0.1, 0.15) is 11.5 Å². The van der Waals surface area contributed by atoms with E-state index in [4.69, 9.17) is 0 Å². The Kier molecular flexibility index (Phi) is 6.96. The van der Waals surface area contributed by atoms with Crippen molar-refractivity contribution in [3.63, 3.8) is 0 Å². The number of rotatable bonds is 4. The molecule has 1 atom stereocenters. The van der Waals surface area contributed by atoms with Crippen molar-refractivity contribution < 1.29 is 4.39 Å². The molecule has 0 saturated carbocycles. The summed E-state index contributed by atoms with van der Waals surface area (Å²) in [6.45, 7) is 4.28. The van der Waals surface area contributed by atoms with Gasteiger partial charge < -0.3 is 15.0 Å². The molecule has 0 radical (unpaired) electrons. The van der Waals surface area contributed by atoms with Crippen molar-refractivity contribution >= 4 is 35.6 Å². The Labute approximate surface area is 169 Å². The van der Waals surface area contributed by atoms with Crippen LogP contribution in [0.4, 0.5) is 4.39 Å². The van der Waals surface area contributed by atoms with E-state index in [9.17, 15) is 4.39 Å². The number of pyridine rings is 1. The van der Waals surface area contributed by atoms with Gasteiger partial charge in [0.2, 0.25) is 0 Å². The van der Waals surface area contributed by atoms with Crippen molar-refractivity contribution in [2.24, 2.45) is 4.99 Å². The minimum absolute atomic E-state index is 0. The van der Waals surface area contributed by atoms with Gasteiger partial charge in [-0.15, -0.1) is 24.0 Å². The lowest BCUT2D eigenvalue weighted by atomic mass is 10.1. The molecule has 2 aromatic heterocycles. The number of nitrogens with zero attached hydrogens (tertiary/aromatic N) is 3. The van der Waals surface area contributed by atoms with E-state index in [0.717, 1.165) is 16.9 Å². The Morgan fingerprint density at radius 2 is 2.12 bits per heavy atom. The van der Waals surface area contributed by atoms with Crippen LogP contribution in [-0.4, -0.2) is 22.4 Å². The van der Waals surface area contributed by atoms with Gasteiger partial charge in [-0.25, -0.2) is 9.37 Å². The second-order valence-electron chi connectivity index (χ2n) is 6.00. The molecule has 1 unspecified atom stereocenters. The Bertz CT molecular complexity index is 873. The zero-order chi connectivity index (χ0) is 17.8. The summed E-state index contributed by atoms with van der Waals surface area (Å²) in [6.07, 6.45) is 3.95. The second-order valence-corrected chi connectivity index (χ2v) is 6.00. The molecule has 3 rings (SSSR count). The maximum absolute atomic E-state index is 13.7. The van der Waals surface area contributed by atoms with Crippen molar-refractivity contribution in [3.8, 4) is 0 Å². The van der Waals surface area contributed by atoms with E-state index in [1.165, 1.54) is 0 Å². The predicted octanol–water partition coefficient (Wildman–Crippen LogP) is 3.83. The molecule has 0 fully saturated rings. The van der Waals surface area contributed by atoms with Crippen LogP contribution in [0.25, 0.3) is 5.65 Å². The molecule has 0 aliphatic rings. The van der Waals surface area contributed by atoms with Crippen LogP contribution in [0.15, 0.2) is 53.8 Å². The van der Waals surface area contributed by atoms with Gasteiger partial charge in [-0.1, -0.05) is 18.2 Å². The second kappa shape index (κ2) is 8.98. The first kappa shape index (κ1) is 20.2. The molecule has 5 nitrogen and oxygen atoms in total. The van der Waals surface area contributed by atoms with Gasteiger partial charge in [0.05, 0.1) is 18.3 Å². The van der Waals surface area contributed by atoms with Crippen LogP contribution in [-0.2, 0) is 6.54 Å². The summed E-state index contributed by atoms with van der Waals surface area (Å²) >= 11 is 0. The highest BCUT2D eigenvalue weighted by Crippen LogP contribution is 2.16. The lowest BCUT2D eigenvalue weighted by Crippen LogP contribution is -2.38. The number of hydrogen-bond acceptors (Lipinski definition) is 2. The standard InChI is InChI=1S/C19H22FN5.HI/c1-13-7-8-15(10-17(13)20)14(2)23-19(21-3)22-11-16-12-25-9-5-4-6-18(25)24-16;/h4-10,12,14H,11H2,1-3H3,(H2,21,22,23);1H. The maximum Gasteiger partial charge on any atom is 0.191 e. The SMILES string of the molecule is CN=C(NCc1cn2ccccc2n1)NC(C)c1ccc(C)c(F)c1.I. The number of hydrogen-bond donors (Lipinski definition) is 2. The third-order valence-electron chi connectivity index (χ3n) is 4.12. The molecule has 7 heteroatoms. The van der Waals surface area contributed by atoms with E-state index in [1.54, 1.807) is 26.1 Å². The zero-order valence-corrected chi connectivity index (χ0v) is 17.4. The highest BCUT2D eigenvalue weighted by Gasteiger charge is 2.10. The summed E-state index contributed by atoms with van der Waals surface area (Å²) in [5.41, 5.74) is 3.35. The number of guanidine groups is 1. The van der Waals surface area contributed by atoms with Crippen molar-refractivity contribution in [2.45, 2.75) is 26.4 Å². The highest BCUT2D eigenvalue weighted by molar-refractivity contribution is 14.0. The number of fused-ring (bicyclic) bond motifs is 1. The van der Waals surface area contributed by atoms with E-state index in [-0.39, 0.29) is 35.8 Å². The normalized spacial score (nSPS) is 12.5. The topological polar surface area (TPSA) is 53.7 Å². The number of aromatic nitrogens is 2. The first-order valence-electron chi connectivity index (χ1n) is 8.22. The van der Waals surface area contributed by atoms with E-state index in [2.05, 4.69) is 20.6 Å². The Morgan fingerprint density at radius 3 is 2.81 bits per heavy atom. The molecular weight excluding hydrogens is 444 g/mol. The minimum Gasteiger partial charge on any atom is -0.351 e. The Hall–Kier alpha value is -2.16. The van der Waals surface area contributed by atoms with Crippen LogP contribution < -0.4 is 10.6 Å². The summed E-state index contributed by atoms with van der Waals surface area (Å²) in [4.78, 5) is 8.77. The fourth-order valence-electron chi connectivity index (χ4n) is 2.61. The molecule has 0 aliphatic carbocycles. The lowest BCUT2D eigenvalue weighted by Gasteiger charge is -2.18. The first-order chi connectivity index (χ1) is 12.1. The fourth-order valence-corrected chi connectivity index (χ4v) is 2.61. The predicted molar refractivity (Wildman–Crippen MR) is 113 cm³/mol. The van der Waals surface area contributed by atoms with Gasteiger partial charge in [-0.2, -0.15) is 0 Å². The third-order valence-corrected chi connectivity index (χ3v) is 4.12. The quantitative estimate of drug-likeness (QED) is 0.349. The highest BCUT2D eigenvalue weighted by atomic mass is 127. The molecule has 3 aromatic rings. The number of nitrogens with one attached hydrogen (secondary N) is 2. The lowest BCUT2D eigenvalue weighted by molar-refractivity contribution is 0.607. The number of aliphatic imine (C=N–C) groups is 1. The van der Waals surface area contributed by atoms with Crippen LogP contribution in [0.1, 0.15) is 29.8 Å². The fraction of sp³-hybridized carbons (Fsp3) is 0.263. The van der Waals surface area contributed by atoms with E-state index in [0.29, 0.717) is 18.1 Å². The van der Waals surface area contributed by atoms with Gasteiger partial charge in [0.25, 0.3) is 0 Å². The van der Waals surface area contributed by atoms with Crippen LogP contribution in [0.2, 0.25) is 0 Å². The largest absolute Gasteiger partial charge is 0.351 e. The molecule has 0 aliphatic heterocycles. The summed E-state index contributed by atoms with van der Waals surface area (Å²) < 4.78 is 15.7. The molecule has 0 saturated heterocycles. The van der Waals surface area contributed by atoms with Crippen LogP contribution in [0.3, 0.4) is 0 Å². The average molecular weight is 467 g/mol. The molecule has 0 bridgehead atoms. The average Bonchev–Trinajstić information content (AvgIpc) is 3.03. The first-order valence-corrected chi connectivity index (χ1v) is 8.22. The monoisotopic (exact) mass is 467 g/mol. The summed E-state index contributed by atoms with van der Waals surface area (Å²) in [5, 5.41) is 6.51. The molecule has 1 aromatic carbocycles. The molecular formula is C19H23FIN5. The van der Waals surface area contributed by atoms with Gasteiger partial charge in [-0.05, 0) is 43.2 Å². The van der Waals surface area contributed by atoms with E-state index in [1.807, 2.05) is 48.0 Å². The molecule has 26 heavy (non-hydrogen) atoms.